The molecule has 0 spiro atoms. The van der Waals surface area contributed by atoms with E-state index in [1.165, 1.54) is 93.2 Å². The van der Waals surface area contributed by atoms with Crippen LogP contribution in [0.4, 0.5) is 0 Å². The van der Waals surface area contributed by atoms with E-state index >= 15 is 0 Å². The minimum atomic E-state index is 0.0132. The lowest BCUT2D eigenvalue weighted by molar-refractivity contribution is 0.660. The van der Waals surface area contributed by atoms with E-state index < -0.39 is 0 Å². The third-order valence-electron chi connectivity index (χ3n) is 10.6. The number of aromatic nitrogens is 1. The summed E-state index contributed by atoms with van der Waals surface area (Å²) >= 11 is 0. The number of fused-ring (bicyclic) bond motifs is 12. The van der Waals surface area contributed by atoms with Crippen LogP contribution < -0.4 is 0 Å². The van der Waals surface area contributed by atoms with Gasteiger partial charge in [-0.05, 0) is 102 Å². The van der Waals surface area contributed by atoms with Gasteiger partial charge in [-0.1, -0.05) is 129 Å². The summed E-state index contributed by atoms with van der Waals surface area (Å²) in [7, 11) is 0. The Morgan fingerprint density at radius 3 is 1.67 bits per heavy atom. The van der Waals surface area contributed by atoms with Crippen LogP contribution in [0.5, 0.6) is 0 Å². The van der Waals surface area contributed by atoms with E-state index in [1.807, 2.05) is 0 Å². The first-order chi connectivity index (χ1) is 22.6. The summed E-state index contributed by atoms with van der Waals surface area (Å²) in [5.41, 5.74) is 11.7. The highest BCUT2D eigenvalue weighted by atomic mass is 15.0. The summed E-state index contributed by atoms with van der Waals surface area (Å²) < 4.78 is 2.44. The molecule has 0 amide bonds. The molecule has 10 rings (SSSR count). The van der Waals surface area contributed by atoms with Crippen LogP contribution >= 0.6 is 0 Å². The highest BCUT2D eigenvalue weighted by Crippen LogP contribution is 2.49. The first kappa shape index (κ1) is 25.6. The molecule has 1 heteroatoms. The van der Waals surface area contributed by atoms with Crippen LogP contribution in [0.3, 0.4) is 0 Å². The third-order valence-corrected chi connectivity index (χ3v) is 10.6. The highest BCUT2D eigenvalue weighted by molar-refractivity contribution is 6.25. The number of benzene rings is 8. The molecule has 1 aliphatic carbocycles. The predicted molar refractivity (Wildman–Crippen MR) is 196 cm³/mol. The summed E-state index contributed by atoms with van der Waals surface area (Å²) in [6.07, 6.45) is 0. The first-order valence-corrected chi connectivity index (χ1v) is 16.2. The van der Waals surface area contributed by atoms with Crippen LogP contribution in [-0.2, 0) is 5.41 Å². The Labute approximate surface area is 268 Å². The van der Waals surface area contributed by atoms with Gasteiger partial charge < -0.3 is 4.57 Å². The van der Waals surface area contributed by atoms with Crippen molar-refractivity contribution in [3.8, 4) is 27.9 Å². The molecule has 0 saturated carbocycles. The van der Waals surface area contributed by atoms with Crippen LogP contribution in [-0.4, -0.2) is 4.57 Å². The lowest BCUT2D eigenvalue weighted by Crippen LogP contribution is -2.14. The summed E-state index contributed by atoms with van der Waals surface area (Å²) in [4.78, 5) is 0. The standard InChI is InChI=1S/C45H31N/c1-45(2)41-17-9-7-15-36(41)39-25-28(19-23-42(39)45)29-20-24-44-40(26-29)37-16-8-10-18-43(37)46(44)30-21-22-35-33-13-4-3-11-31(33)32-12-5-6-14-34(32)38(35)27-30/h3-27H,1-2H3. The SMILES string of the molecule is CC1(C)c2ccccc2-c2cc(-c3ccc4c(c3)c3ccccc3n4-c3ccc4c5ccccc5c5ccccc5c4c3)ccc21. The molecule has 0 fully saturated rings. The molecule has 216 valence electrons. The van der Waals surface area contributed by atoms with Gasteiger partial charge >= 0.3 is 0 Å². The van der Waals surface area contributed by atoms with Crippen LogP contribution in [0.15, 0.2) is 152 Å². The van der Waals surface area contributed by atoms with Gasteiger partial charge in [0.25, 0.3) is 0 Å². The van der Waals surface area contributed by atoms with Crippen molar-refractivity contribution in [3.05, 3.63) is 163 Å². The van der Waals surface area contributed by atoms with Gasteiger partial charge in [-0.15, -0.1) is 0 Å². The number of para-hydroxylation sites is 1. The number of hydrogen-bond acceptors (Lipinski definition) is 0. The molecule has 0 aliphatic heterocycles. The fraction of sp³-hybridized carbons (Fsp3) is 0.0667. The zero-order valence-corrected chi connectivity index (χ0v) is 25.9. The molecule has 0 unspecified atom stereocenters. The van der Waals surface area contributed by atoms with E-state index in [9.17, 15) is 0 Å². The molecule has 0 N–H and O–H groups in total. The second-order valence-corrected chi connectivity index (χ2v) is 13.3. The Morgan fingerprint density at radius 2 is 0.913 bits per heavy atom. The Hall–Kier alpha value is -5.66. The zero-order valence-electron chi connectivity index (χ0n) is 25.9. The van der Waals surface area contributed by atoms with Crippen molar-refractivity contribution >= 4 is 54.1 Å². The van der Waals surface area contributed by atoms with Crippen molar-refractivity contribution in [2.75, 3.05) is 0 Å². The van der Waals surface area contributed by atoms with Crippen molar-refractivity contribution in [2.24, 2.45) is 0 Å². The van der Waals surface area contributed by atoms with Gasteiger partial charge in [-0.2, -0.15) is 0 Å². The summed E-state index contributed by atoms with van der Waals surface area (Å²) in [5.74, 6) is 0. The molecule has 1 nitrogen and oxygen atoms in total. The van der Waals surface area contributed by atoms with E-state index in [0.717, 1.165) is 0 Å². The molecule has 9 aromatic rings. The minimum absolute atomic E-state index is 0.0132. The fourth-order valence-electron chi connectivity index (χ4n) is 8.37. The zero-order chi connectivity index (χ0) is 30.6. The summed E-state index contributed by atoms with van der Waals surface area (Å²) in [6.45, 7) is 4.69. The van der Waals surface area contributed by atoms with Gasteiger partial charge in [0, 0.05) is 21.9 Å². The highest BCUT2D eigenvalue weighted by Gasteiger charge is 2.35. The first-order valence-electron chi connectivity index (χ1n) is 16.2. The topological polar surface area (TPSA) is 4.93 Å². The number of nitrogens with zero attached hydrogens (tertiary/aromatic N) is 1. The number of rotatable bonds is 2. The molecule has 8 aromatic carbocycles. The van der Waals surface area contributed by atoms with Gasteiger partial charge in [0.2, 0.25) is 0 Å². The molecule has 1 heterocycles. The van der Waals surface area contributed by atoms with Crippen molar-refractivity contribution in [1.29, 1.82) is 0 Å². The average molecular weight is 586 g/mol. The maximum Gasteiger partial charge on any atom is 0.0541 e. The molecule has 1 aromatic heterocycles. The number of hydrogen-bond donors (Lipinski definition) is 0. The molecule has 46 heavy (non-hydrogen) atoms. The monoisotopic (exact) mass is 585 g/mol. The molecule has 1 aliphatic rings. The van der Waals surface area contributed by atoms with Gasteiger partial charge in [-0.25, -0.2) is 0 Å². The molecule has 0 saturated heterocycles. The molecular formula is C45H31N. The fourth-order valence-corrected chi connectivity index (χ4v) is 8.37. The summed E-state index contributed by atoms with van der Waals surface area (Å²) in [5, 5.41) is 10.3. The van der Waals surface area contributed by atoms with Crippen molar-refractivity contribution < 1.29 is 0 Å². The Morgan fingerprint density at radius 1 is 0.370 bits per heavy atom. The smallest absolute Gasteiger partial charge is 0.0541 e. The maximum absolute atomic E-state index is 2.44. The largest absolute Gasteiger partial charge is 0.309 e. The van der Waals surface area contributed by atoms with Gasteiger partial charge in [0.05, 0.1) is 11.0 Å². The Balaban J connectivity index is 1.19. The van der Waals surface area contributed by atoms with E-state index in [2.05, 4.69) is 170 Å². The molecule has 0 radical (unpaired) electrons. The van der Waals surface area contributed by atoms with Crippen molar-refractivity contribution in [1.82, 2.24) is 4.57 Å². The summed E-state index contributed by atoms with van der Waals surface area (Å²) in [6, 6.07) is 56.4. The van der Waals surface area contributed by atoms with Gasteiger partial charge in [0.1, 0.15) is 0 Å². The second-order valence-electron chi connectivity index (χ2n) is 13.3. The maximum atomic E-state index is 2.44. The quantitative estimate of drug-likeness (QED) is 0.178. The lowest BCUT2D eigenvalue weighted by Gasteiger charge is -2.21. The normalized spacial score (nSPS) is 13.6. The Kier molecular flexibility index (Phi) is 5.12. The van der Waals surface area contributed by atoms with Crippen LogP contribution in [0, 0.1) is 0 Å². The van der Waals surface area contributed by atoms with Gasteiger partial charge in [-0.3, -0.25) is 0 Å². The van der Waals surface area contributed by atoms with Crippen LogP contribution in [0.1, 0.15) is 25.0 Å². The van der Waals surface area contributed by atoms with Crippen LogP contribution in [0.25, 0.3) is 82.1 Å². The van der Waals surface area contributed by atoms with Crippen molar-refractivity contribution in [3.63, 3.8) is 0 Å². The molecule has 0 atom stereocenters. The van der Waals surface area contributed by atoms with E-state index in [-0.39, 0.29) is 5.41 Å². The lowest BCUT2D eigenvalue weighted by atomic mass is 9.82. The van der Waals surface area contributed by atoms with E-state index in [0.29, 0.717) is 0 Å². The average Bonchev–Trinajstić information content (AvgIpc) is 3.56. The molecular weight excluding hydrogens is 555 g/mol. The van der Waals surface area contributed by atoms with Gasteiger partial charge in [0.15, 0.2) is 0 Å². The Bertz CT molecular complexity index is 2690. The molecule has 0 bridgehead atoms. The second kappa shape index (κ2) is 9.19. The minimum Gasteiger partial charge on any atom is -0.309 e. The van der Waals surface area contributed by atoms with E-state index in [4.69, 9.17) is 0 Å². The van der Waals surface area contributed by atoms with Crippen molar-refractivity contribution in [2.45, 2.75) is 19.3 Å². The van der Waals surface area contributed by atoms with Crippen LogP contribution in [0.2, 0.25) is 0 Å². The van der Waals surface area contributed by atoms with E-state index in [1.54, 1.807) is 0 Å². The predicted octanol–water partition coefficient (Wildman–Crippen LogP) is 12.2. The third kappa shape index (κ3) is 3.40.